The van der Waals surface area contributed by atoms with E-state index >= 15 is 0 Å². The second kappa shape index (κ2) is 6.01. The van der Waals surface area contributed by atoms with E-state index in [0.717, 1.165) is 0 Å². The van der Waals surface area contributed by atoms with Crippen molar-refractivity contribution in [3.63, 3.8) is 0 Å². The highest BCUT2D eigenvalue weighted by Crippen LogP contribution is 2.27. The Morgan fingerprint density at radius 3 is 2.25 bits per heavy atom. The van der Waals surface area contributed by atoms with Crippen molar-refractivity contribution >= 4 is 40.5 Å². The number of hydrogen-bond donors (Lipinski definition) is 1. The topological polar surface area (TPSA) is 107 Å². The van der Waals surface area contributed by atoms with Crippen LogP contribution in [0.15, 0.2) is 0 Å². The predicted molar refractivity (Wildman–Crippen MR) is 60.9 cm³/mol. The van der Waals surface area contributed by atoms with Crippen LogP contribution in [0.3, 0.4) is 0 Å². The monoisotopic (exact) mass is 333 g/mol. The minimum absolute atomic E-state index is 0.105. The molecule has 0 N–H and O–H groups in total. The van der Waals surface area contributed by atoms with Crippen LogP contribution in [0.1, 0.15) is 12.8 Å². The molecule has 0 atom stereocenters. The zero-order valence-electron chi connectivity index (χ0n) is 9.74. The maximum atomic E-state index is 13.4. The number of carbonyl (C=O) groups excluding carboxylic acids is 3. The van der Waals surface area contributed by atoms with E-state index in [9.17, 15) is 31.6 Å². The number of nitrogens with zero attached hydrogens (tertiary/aromatic N) is 1. The summed E-state index contributed by atoms with van der Waals surface area (Å²) in [5.74, 6) is -4.69. The number of imide groups is 1. The first-order valence-electron chi connectivity index (χ1n) is 5.09. The lowest BCUT2D eigenvalue weighted by atomic mass is 10.4. The number of esters is 1. The summed E-state index contributed by atoms with van der Waals surface area (Å²) in [5.41, 5.74) is 0. The van der Waals surface area contributed by atoms with Gasteiger partial charge in [0.25, 0.3) is 11.8 Å². The fraction of sp³-hybridized carbons (Fsp3) is 0.625. The van der Waals surface area contributed by atoms with E-state index in [2.05, 4.69) is 21.6 Å². The van der Waals surface area contributed by atoms with Crippen molar-refractivity contribution in [1.29, 1.82) is 0 Å². The molecule has 20 heavy (non-hydrogen) atoms. The van der Waals surface area contributed by atoms with Crippen molar-refractivity contribution in [3.8, 4) is 0 Å². The minimum atomic E-state index is -5.89. The molecule has 0 aliphatic carbocycles. The van der Waals surface area contributed by atoms with Gasteiger partial charge in [0.15, 0.2) is 0 Å². The summed E-state index contributed by atoms with van der Waals surface area (Å²) in [6.07, 6.45) is -0.742. The van der Waals surface area contributed by atoms with Gasteiger partial charge in [0.2, 0.25) is 0 Å². The highest BCUT2D eigenvalue weighted by molar-refractivity contribution is 7.88. The molecular formula is C8H9F2NO7S2. The maximum Gasteiger partial charge on any atom is 0.467 e. The predicted octanol–water partition coefficient (Wildman–Crippen LogP) is -0.537. The number of halogens is 2. The first-order chi connectivity index (χ1) is 9.13. The Morgan fingerprint density at radius 2 is 1.80 bits per heavy atom. The van der Waals surface area contributed by atoms with Crippen LogP contribution in [0.4, 0.5) is 8.78 Å². The van der Waals surface area contributed by atoms with Crippen LogP contribution in [0, 0.1) is 0 Å². The Hall–Kier alpha value is -1.27. The number of thiol groups is 1. The van der Waals surface area contributed by atoms with Crippen molar-refractivity contribution in [1.82, 2.24) is 5.06 Å². The first kappa shape index (κ1) is 16.8. The van der Waals surface area contributed by atoms with Crippen LogP contribution in [0.25, 0.3) is 0 Å². The van der Waals surface area contributed by atoms with Gasteiger partial charge < -0.3 is 4.74 Å². The van der Waals surface area contributed by atoms with E-state index in [-0.39, 0.29) is 23.7 Å². The third kappa shape index (κ3) is 3.24. The molecule has 0 radical (unpaired) electrons. The third-order valence-corrected chi connectivity index (χ3v) is 3.38. The van der Waals surface area contributed by atoms with E-state index < -0.39 is 39.8 Å². The van der Waals surface area contributed by atoms with Gasteiger partial charge in [-0.05, 0) is 0 Å². The highest BCUT2D eigenvalue weighted by atomic mass is 32.2. The number of hydrogen-bond acceptors (Lipinski definition) is 8. The van der Waals surface area contributed by atoms with E-state index in [1.807, 2.05) is 0 Å². The zero-order chi connectivity index (χ0) is 15.6. The molecule has 1 aliphatic rings. The summed E-state index contributed by atoms with van der Waals surface area (Å²) in [7, 11) is -5.89. The zero-order valence-corrected chi connectivity index (χ0v) is 11.5. The number of amides is 2. The average Bonchev–Trinajstić information content (AvgIpc) is 2.67. The molecule has 0 unspecified atom stereocenters. The van der Waals surface area contributed by atoms with E-state index in [1.54, 1.807) is 0 Å². The van der Waals surface area contributed by atoms with E-state index in [4.69, 9.17) is 0 Å². The molecule has 12 heteroatoms. The van der Waals surface area contributed by atoms with Gasteiger partial charge in [0, 0.05) is 18.6 Å². The number of hydroxylamine groups is 2. The number of carbonyl (C=O) groups is 3. The number of rotatable bonds is 6. The van der Waals surface area contributed by atoms with Gasteiger partial charge in [-0.2, -0.15) is 29.8 Å². The van der Waals surface area contributed by atoms with Crippen molar-refractivity contribution < 1.29 is 40.6 Å². The lowest BCUT2D eigenvalue weighted by Gasteiger charge is -2.18. The number of ether oxygens (including phenoxy) is 1. The van der Waals surface area contributed by atoms with E-state index in [1.165, 1.54) is 0 Å². The summed E-state index contributed by atoms with van der Waals surface area (Å²) in [6, 6.07) is 0. The summed E-state index contributed by atoms with van der Waals surface area (Å²) in [4.78, 5) is 33.1. The van der Waals surface area contributed by atoms with Crippen molar-refractivity contribution in [2.75, 3.05) is 12.4 Å². The molecule has 0 bridgehead atoms. The molecule has 0 saturated carbocycles. The van der Waals surface area contributed by atoms with Gasteiger partial charge in [-0.3, -0.25) is 9.59 Å². The van der Waals surface area contributed by atoms with Gasteiger partial charge in [-0.25, -0.2) is 4.79 Å². The summed E-state index contributed by atoms with van der Waals surface area (Å²) < 4.78 is 56.9. The Balaban J connectivity index is 2.89. The lowest BCUT2D eigenvalue weighted by Crippen LogP contribution is -2.45. The quantitative estimate of drug-likeness (QED) is 0.395. The molecule has 1 saturated heterocycles. The lowest BCUT2D eigenvalue weighted by molar-refractivity contribution is -0.170. The van der Waals surface area contributed by atoms with Gasteiger partial charge >= 0.3 is 21.3 Å². The molecule has 0 spiro atoms. The molecule has 1 rings (SSSR count). The Labute approximate surface area is 117 Å². The van der Waals surface area contributed by atoms with Crippen molar-refractivity contribution in [3.05, 3.63) is 0 Å². The van der Waals surface area contributed by atoms with Crippen LogP contribution in [0.5, 0.6) is 0 Å². The molecular weight excluding hydrogens is 324 g/mol. The molecule has 1 aliphatic heterocycles. The molecule has 8 nitrogen and oxygen atoms in total. The maximum absolute atomic E-state index is 13.4. The summed E-state index contributed by atoms with van der Waals surface area (Å²) >= 11 is 3.58. The van der Waals surface area contributed by atoms with E-state index in [0.29, 0.717) is 0 Å². The van der Waals surface area contributed by atoms with Crippen LogP contribution >= 0.6 is 12.6 Å². The largest absolute Gasteiger partial charge is 0.467 e. The molecule has 2 amide bonds. The van der Waals surface area contributed by atoms with Gasteiger partial charge in [-0.1, -0.05) is 0 Å². The number of alkyl halides is 2. The SMILES string of the molecule is O=C1CCC(=O)N1OS(=O)(=O)C(F)(F)C(=O)OCCS. The van der Waals surface area contributed by atoms with Gasteiger partial charge in [-0.15, -0.1) is 9.35 Å². The van der Waals surface area contributed by atoms with Gasteiger partial charge in [0.05, 0.1) is 0 Å². The van der Waals surface area contributed by atoms with Crippen LogP contribution in [0.2, 0.25) is 0 Å². The average molecular weight is 333 g/mol. The summed E-state index contributed by atoms with van der Waals surface area (Å²) in [5, 5.41) is -5.37. The smallest absolute Gasteiger partial charge is 0.459 e. The molecule has 1 heterocycles. The first-order valence-corrected chi connectivity index (χ1v) is 7.13. The molecule has 114 valence electrons. The fourth-order valence-electron chi connectivity index (χ4n) is 1.11. The normalized spacial score (nSPS) is 16.6. The molecule has 0 aromatic rings. The third-order valence-electron chi connectivity index (χ3n) is 2.05. The van der Waals surface area contributed by atoms with Crippen LogP contribution in [-0.2, 0) is 33.5 Å². The molecule has 0 aromatic carbocycles. The minimum Gasteiger partial charge on any atom is -0.459 e. The summed E-state index contributed by atoms with van der Waals surface area (Å²) in [6.45, 7) is -0.547. The molecule has 0 aromatic heterocycles. The van der Waals surface area contributed by atoms with Crippen molar-refractivity contribution in [2.45, 2.75) is 18.1 Å². The Bertz CT molecular complexity index is 517. The van der Waals surface area contributed by atoms with Crippen LogP contribution < -0.4 is 0 Å². The molecule has 1 fully saturated rings. The second-order valence-corrected chi connectivity index (χ2v) is 5.50. The standard InChI is InChI=1S/C8H9F2NO7S2/c9-8(10,7(14)17-3-4-19)20(15,16)18-11-5(12)1-2-6(11)13/h19H,1-4H2. The van der Waals surface area contributed by atoms with Crippen LogP contribution in [-0.4, -0.2) is 48.9 Å². The Morgan fingerprint density at radius 1 is 1.30 bits per heavy atom. The fourth-order valence-corrected chi connectivity index (χ4v) is 1.92. The van der Waals surface area contributed by atoms with Gasteiger partial charge in [0.1, 0.15) is 6.61 Å². The Kier molecular flexibility index (Phi) is 5.05. The second-order valence-electron chi connectivity index (χ2n) is 3.49. The van der Waals surface area contributed by atoms with Crippen molar-refractivity contribution in [2.24, 2.45) is 0 Å². The highest BCUT2D eigenvalue weighted by Gasteiger charge is 2.58.